The Labute approximate surface area is 125 Å². The molecular weight excluding hydrogens is 266 g/mol. The first kappa shape index (κ1) is 14.6. The van der Waals surface area contributed by atoms with Crippen LogP contribution in [0.25, 0.3) is 0 Å². The van der Waals surface area contributed by atoms with Crippen molar-refractivity contribution >= 4 is 5.91 Å². The number of aryl methyl sites for hydroxylation is 1. The zero-order valence-electron chi connectivity index (χ0n) is 12.6. The minimum atomic E-state index is -0.209. The summed E-state index contributed by atoms with van der Waals surface area (Å²) < 4.78 is 0. The smallest absolute Gasteiger partial charge is 0.222 e. The molecule has 21 heavy (non-hydrogen) atoms. The number of aliphatic hydroxyl groups excluding tert-OH is 1. The molecule has 1 aliphatic heterocycles. The number of piperidine rings is 1. The molecule has 116 valence electrons. The number of carbonyl (C=O) groups is 1. The van der Waals surface area contributed by atoms with Gasteiger partial charge in [-0.3, -0.25) is 9.89 Å². The molecule has 2 N–H and O–H groups in total. The second-order valence-corrected chi connectivity index (χ2v) is 6.65. The van der Waals surface area contributed by atoms with Crippen LogP contribution < -0.4 is 0 Å². The molecule has 1 amide bonds. The number of aromatic amines is 1. The average molecular weight is 291 g/mol. The van der Waals surface area contributed by atoms with Gasteiger partial charge in [0.05, 0.1) is 12.3 Å². The summed E-state index contributed by atoms with van der Waals surface area (Å²) >= 11 is 0. The lowest BCUT2D eigenvalue weighted by atomic mass is 9.76. The van der Waals surface area contributed by atoms with E-state index >= 15 is 0 Å². The SMILES string of the molecule is O=C(CCCc1cn[nH]c1)N1CCC[C@]2(CCC[C@H]2O)C1. The number of aliphatic hydroxyl groups is 1. The van der Waals surface area contributed by atoms with Crippen LogP contribution in [-0.4, -0.2) is 45.3 Å². The zero-order chi connectivity index (χ0) is 14.7. The molecule has 0 bridgehead atoms. The zero-order valence-corrected chi connectivity index (χ0v) is 12.6. The quantitative estimate of drug-likeness (QED) is 0.890. The van der Waals surface area contributed by atoms with Crippen molar-refractivity contribution in [2.75, 3.05) is 13.1 Å². The molecule has 1 aromatic heterocycles. The fraction of sp³-hybridized carbons (Fsp3) is 0.750. The van der Waals surface area contributed by atoms with Gasteiger partial charge in [-0.05, 0) is 44.1 Å². The molecule has 2 atom stereocenters. The van der Waals surface area contributed by atoms with E-state index in [0.29, 0.717) is 6.42 Å². The number of amides is 1. The van der Waals surface area contributed by atoms with Gasteiger partial charge in [0, 0.05) is 31.1 Å². The third kappa shape index (κ3) is 3.12. The van der Waals surface area contributed by atoms with Gasteiger partial charge in [0.1, 0.15) is 0 Å². The Bertz CT molecular complexity index is 474. The summed E-state index contributed by atoms with van der Waals surface area (Å²) in [6.07, 6.45) is 11.0. The first-order valence-corrected chi connectivity index (χ1v) is 8.13. The second kappa shape index (κ2) is 6.18. The summed E-state index contributed by atoms with van der Waals surface area (Å²) in [5, 5.41) is 17.0. The second-order valence-electron chi connectivity index (χ2n) is 6.65. The highest BCUT2D eigenvalue weighted by atomic mass is 16.3. The lowest BCUT2D eigenvalue weighted by molar-refractivity contribution is -0.136. The summed E-state index contributed by atoms with van der Waals surface area (Å²) in [4.78, 5) is 14.4. The van der Waals surface area contributed by atoms with Crippen LogP contribution in [-0.2, 0) is 11.2 Å². The van der Waals surface area contributed by atoms with E-state index < -0.39 is 0 Å². The van der Waals surface area contributed by atoms with Crippen molar-refractivity contribution in [1.29, 1.82) is 0 Å². The Morgan fingerprint density at radius 1 is 1.48 bits per heavy atom. The number of aromatic nitrogens is 2. The van der Waals surface area contributed by atoms with Crippen molar-refractivity contribution in [3.8, 4) is 0 Å². The molecule has 5 nitrogen and oxygen atoms in total. The summed E-state index contributed by atoms with van der Waals surface area (Å²) in [6.45, 7) is 1.62. The van der Waals surface area contributed by atoms with Crippen molar-refractivity contribution in [1.82, 2.24) is 15.1 Å². The largest absolute Gasteiger partial charge is 0.392 e. The molecule has 1 aromatic rings. The first-order chi connectivity index (χ1) is 10.2. The van der Waals surface area contributed by atoms with E-state index in [2.05, 4.69) is 10.2 Å². The molecule has 3 rings (SSSR count). The molecule has 1 aliphatic carbocycles. The number of H-pyrrole nitrogens is 1. The summed E-state index contributed by atoms with van der Waals surface area (Å²) in [7, 11) is 0. The molecule has 0 unspecified atom stereocenters. The van der Waals surface area contributed by atoms with E-state index in [1.165, 1.54) is 0 Å². The molecule has 0 aromatic carbocycles. The number of rotatable bonds is 4. The van der Waals surface area contributed by atoms with Crippen LogP contribution >= 0.6 is 0 Å². The minimum Gasteiger partial charge on any atom is -0.392 e. The summed E-state index contributed by atoms with van der Waals surface area (Å²) in [5.41, 5.74) is 1.16. The molecule has 2 aliphatic rings. The Morgan fingerprint density at radius 3 is 3.05 bits per heavy atom. The number of hydrogen-bond acceptors (Lipinski definition) is 3. The summed E-state index contributed by atoms with van der Waals surface area (Å²) in [6, 6.07) is 0. The van der Waals surface area contributed by atoms with Crippen LogP contribution in [0.15, 0.2) is 12.4 Å². The lowest BCUT2D eigenvalue weighted by Gasteiger charge is -2.42. The average Bonchev–Trinajstić information content (AvgIpc) is 3.11. The normalized spacial score (nSPS) is 29.2. The molecule has 2 heterocycles. The highest BCUT2D eigenvalue weighted by Crippen LogP contribution is 2.45. The van der Waals surface area contributed by atoms with Gasteiger partial charge in [0.15, 0.2) is 0 Å². The third-order valence-electron chi connectivity index (χ3n) is 5.23. The van der Waals surface area contributed by atoms with E-state index in [0.717, 1.165) is 63.6 Å². The number of nitrogens with zero attached hydrogens (tertiary/aromatic N) is 2. The van der Waals surface area contributed by atoms with Crippen LogP contribution in [0.2, 0.25) is 0 Å². The fourth-order valence-corrected chi connectivity index (χ4v) is 3.99. The van der Waals surface area contributed by atoms with E-state index in [4.69, 9.17) is 0 Å². The molecular formula is C16H25N3O2. The Balaban J connectivity index is 1.50. The van der Waals surface area contributed by atoms with Crippen LogP contribution in [0.4, 0.5) is 0 Å². The minimum absolute atomic E-state index is 0.00152. The van der Waals surface area contributed by atoms with Gasteiger partial charge in [0.25, 0.3) is 0 Å². The van der Waals surface area contributed by atoms with Gasteiger partial charge < -0.3 is 10.0 Å². The van der Waals surface area contributed by atoms with Crippen molar-refractivity contribution < 1.29 is 9.90 Å². The van der Waals surface area contributed by atoms with Crippen molar-refractivity contribution in [3.63, 3.8) is 0 Å². The van der Waals surface area contributed by atoms with Gasteiger partial charge >= 0.3 is 0 Å². The molecule has 0 radical (unpaired) electrons. The maximum Gasteiger partial charge on any atom is 0.222 e. The standard InChI is InChI=1S/C16H25N3O2/c20-14-5-2-7-16(14)8-3-9-19(12-16)15(21)6-1-4-13-10-17-18-11-13/h10-11,14,20H,1-9,12H2,(H,17,18)/t14-,16-/m1/s1. The molecule has 1 saturated carbocycles. The Kier molecular flexibility index (Phi) is 4.29. The van der Waals surface area contributed by atoms with E-state index in [-0.39, 0.29) is 17.4 Å². The number of likely N-dealkylation sites (tertiary alicyclic amines) is 1. The topological polar surface area (TPSA) is 69.2 Å². The van der Waals surface area contributed by atoms with Gasteiger partial charge in [-0.2, -0.15) is 5.10 Å². The fourth-order valence-electron chi connectivity index (χ4n) is 3.99. The number of carbonyl (C=O) groups excluding carboxylic acids is 1. The summed E-state index contributed by atoms with van der Waals surface area (Å²) in [5.74, 6) is 0.247. The number of hydrogen-bond donors (Lipinski definition) is 2. The maximum absolute atomic E-state index is 12.4. The first-order valence-electron chi connectivity index (χ1n) is 8.13. The van der Waals surface area contributed by atoms with E-state index in [1.807, 2.05) is 17.3 Å². The van der Waals surface area contributed by atoms with Gasteiger partial charge in [-0.15, -0.1) is 0 Å². The van der Waals surface area contributed by atoms with Gasteiger partial charge in [-0.1, -0.05) is 6.42 Å². The van der Waals surface area contributed by atoms with E-state index in [1.54, 1.807) is 0 Å². The van der Waals surface area contributed by atoms with E-state index in [9.17, 15) is 9.90 Å². The van der Waals surface area contributed by atoms with Crippen molar-refractivity contribution in [3.05, 3.63) is 18.0 Å². The van der Waals surface area contributed by atoms with Crippen LogP contribution in [0, 0.1) is 5.41 Å². The van der Waals surface area contributed by atoms with Crippen LogP contribution in [0.3, 0.4) is 0 Å². The third-order valence-corrected chi connectivity index (χ3v) is 5.23. The Morgan fingerprint density at radius 2 is 2.33 bits per heavy atom. The number of nitrogens with one attached hydrogen (secondary N) is 1. The predicted octanol–water partition coefficient (Wildman–Crippen LogP) is 1.89. The van der Waals surface area contributed by atoms with Gasteiger partial charge in [0.2, 0.25) is 5.91 Å². The van der Waals surface area contributed by atoms with Crippen molar-refractivity contribution in [2.45, 2.75) is 57.5 Å². The molecule has 1 saturated heterocycles. The lowest BCUT2D eigenvalue weighted by Crippen LogP contribution is -2.49. The Hall–Kier alpha value is -1.36. The van der Waals surface area contributed by atoms with Crippen molar-refractivity contribution in [2.24, 2.45) is 5.41 Å². The highest BCUT2D eigenvalue weighted by Gasteiger charge is 2.45. The van der Waals surface area contributed by atoms with Crippen LogP contribution in [0.1, 0.15) is 50.5 Å². The highest BCUT2D eigenvalue weighted by molar-refractivity contribution is 5.76. The van der Waals surface area contributed by atoms with Gasteiger partial charge in [-0.25, -0.2) is 0 Å². The monoisotopic (exact) mass is 291 g/mol. The maximum atomic E-state index is 12.4. The molecule has 1 spiro atoms. The molecule has 5 heteroatoms. The van der Waals surface area contributed by atoms with Crippen LogP contribution in [0.5, 0.6) is 0 Å². The predicted molar refractivity (Wildman–Crippen MR) is 79.6 cm³/mol. The molecule has 2 fully saturated rings.